The number of hydrogen-bond acceptors (Lipinski definition) is 3. The maximum absolute atomic E-state index is 9.29. The van der Waals surface area contributed by atoms with Crippen LogP contribution in [0.2, 0.25) is 0 Å². The first-order valence-corrected chi connectivity index (χ1v) is 5.00. The zero-order valence-corrected chi connectivity index (χ0v) is 8.27. The van der Waals surface area contributed by atoms with Crippen molar-refractivity contribution in [2.45, 2.75) is 19.0 Å². The molecular formula is C11H16N2O. The normalized spacial score (nSPS) is 32.0. The van der Waals surface area contributed by atoms with Crippen LogP contribution in [0.1, 0.15) is 18.5 Å². The molecule has 1 heterocycles. The number of rotatable bonds is 2. The van der Waals surface area contributed by atoms with Crippen molar-refractivity contribution in [3.8, 4) is 0 Å². The van der Waals surface area contributed by atoms with Crippen molar-refractivity contribution in [3.05, 3.63) is 35.9 Å². The summed E-state index contributed by atoms with van der Waals surface area (Å²) in [6, 6.07) is 10.7. The van der Waals surface area contributed by atoms with Crippen LogP contribution in [0.15, 0.2) is 30.3 Å². The van der Waals surface area contributed by atoms with Gasteiger partial charge in [-0.15, -0.1) is 0 Å². The monoisotopic (exact) mass is 192 g/mol. The van der Waals surface area contributed by atoms with Gasteiger partial charge in [0.05, 0.1) is 6.04 Å². The second-order valence-electron chi connectivity index (χ2n) is 3.81. The molecule has 1 saturated heterocycles. The lowest BCUT2D eigenvalue weighted by Crippen LogP contribution is -2.29. The number of nitrogens with one attached hydrogen (secondary N) is 2. The van der Waals surface area contributed by atoms with Crippen molar-refractivity contribution in [1.29, 1.82) is 0 Å². The van der Waals surface area contributed by atoms with Gasteiger partial charge in [-0.2, -0.15) is 0 Å². The largest absolute Gasteiger partial charge is 0.396 e. The van der Waals surface area contributed by atoms with Crippen LogP contribution in [-0.4, -0.2) is 17.8 Å². The van der Waals surface area contributed by atoms with Crippen LogP contribution in [0.4, 0.5) is 0 Å². The second kappa shape index (κ2) is 4.09. The fourth-order valence-electron chi connectivity index (χ4n) is 1.98. The molecule has 76 valence electrons. The fourth-order valence-corrected chi connectivity index (χ4v) is 1.98. The molecule has 0 radical (unpaired) electrons. The Kier molecular flexibility index (Phi) is 2.82. The quantitative estimate of drug-likeness (QED) is 0.650. The van der Waals surface area contributed by atoms with Crippen LogP contribution >= 0.6 is 0 Å². The molecule has 3 N–H and O–H groups in total. The SMILES string of the molecule is CC1NNC(c2ccccc2)C1CO. The highest BCUT2D eigenvalue weighted by Crippen LogP contribution is 2.27. The van der Waals surface area contributed by atoms with Crippen molar-refractivity contribution in [3.63, 3.8) is 0 Å². The fraction of sp³-hybridized carbons (Fsp3) is 0.455. The summed E-state index contributed by atoms with van der Waals surface area (Å²) in [4.78, 5) is 0. The van der Waals surface area contributed by atoms with Gasteiger partial charge in [-0.1, -0.05) is 30.3 Å². The van der Waals surface area contributed by atoms with Gasteiger partial charge in [-0.05, 0) is 12.5 Å². The van der Waals surface area contributed by atoms with Crippen LogP contribution in [0.5, 0.6) is 0 Å². The summed E-state index contributed by atoms with van der Waals surface area (Å²) in [6.07, 6.45) is 0. The van der Waals surface area contributed by atoms with Gasteiger partial charge in [0.1, 0.15) is 0 Å². The Morgan fingerprint density at radius 2 is 1.93 bits per heavy atom. The standard InChI is InChI=1S/C11H16N2O/c1-8-10(7-14)11(13-12-8)9-5-3-2-4-6-9/h2-6,8,10-14H,7H2,1H3. The molecule has 0 amide bonds. The van der Waals surface area contributed by atoms with E-state index in [1.54, 1.807) is 0 Å². The highest BCUT2D eigenvalue weighted by Gasteiger charge is 2.32. The summed E-state index contributed by atoms with van der Waals surface area (Å²) in [7, 11) is 0. The number of benzene rings is 1. The van der Waals surface area contributed by atoms with Crippen LogP contribution in [0.25, 0.3) is 0 Å². The zero-order valence-electron chi connectivity index (χ0n) is 8.27. The number of aliphatic hydroxyl groups excluding tert-OH is 1. The molecule has 1 aliphatic heterocycles. The second-order valence-corrected chi connectivity index (χ2v) is 3.81. The van der Waals surface area contributed by atoms with Gasteiger partial charge in [-0.3, -0.25) is 5.43 Å². The van der Waals surface area contributed by atoms with Gasteiger partial charge in [0.2, 0.25) is 0 Å². The van der Waals surface area contributed by atoms with Crippen LogP contribution < -0.4 is 10.9 Å². The Morgan fingerprint density at radius 3 is 2.57 bits per heavy atom. The first kappa shape index (κ1) is 9.65. The molecule has 2 rings (SSSR count). The summed E-state index contributed by atoms with van der Waals surface area (Å²) in [5, 5.41) is 9.29. The number of hydrazine groups is 1. The molecule has 3 atom stereocenters. The van der Waals surface area contributed by atoms with Gasteiger partial charge >= 0.3 is 0 Å². The third-order valence-electron chi connectivity index (χ3n) is 2.91. The molecule has 1 aromatic carbocycles. The summed E-state index contributed by atoms with van der Waals surface area (Å²) < 4.78 is 0. The average molecular weight is 192 g/mol. The topological polar surface area (TPSA) is 44.3 Å². The van der Waals surface area contributed by atoms with Crippen molar-refractivity contribution in [2.24, 2.45) is 5.92 Å². The summed E-state index contributed by atoms with van der Waals surface area (Å²) in [5.41, 5.74) is 7.60. The van der Waals surface area contributed by atoms with Gasteiger partial charge < -0.3 is 5.11 Å². The van der Waals surface area contributed by atoms with Gasteiger partial charge in [0.25, 0.3) is 0 Å². The van der Waals surface area contributed by atoms with E-state index in [9.17, 15) is 5.11 Å². The van der Waals surface area contributed by atoms with E-state index in [4.69, 9.17) is 0 Å². The molecule has 0 aliphatic carbocycles. The van der Waals surface area contributed by atoms with E-state index in [1.165, 1.54) is 5.56 Å². The van der Waals surface area contributed by atoms with Crippen LogP contribution in [0, 0.1) is 5.92 Å². The Hall–Kier alpha value is -0.900. The number of aliphatic hydroxyl groups is 1. The molecule has 0 spiro atoms. The molecule has 1 aromatic rings. The zero-order chi connectivity index (χ0) is 9.97. The van der Waals surface area contributed by atoms with E-state index >= 15 is 0 Å². The van der Waals surface area contributed by atoms with E-state index in [-0.39, 0.29) is 18.6 Å². The first-order chi connectivity index (χ1) is 6.83. The number of hydrogen-bond donors (Lipinski definition) is 3. The summed E-state index contributed by atoms with van der Waals surface area (Å²) in [6.45, 7) is 2.29. The maximum Gasteiger partial charge on any atom is 0.0527 e. The van der Waals surface area contributed by atoms with Gasteiger partial charge in [-0.25, -0.2) is 5.43 Å². The molecule has 3 unspecified atom stereocenters. The Bertz CT molecular complexity index is 289. The molecule has 3 nitrogen and oxygen atoms in total. The van der Waals surface area contributed by atoms with Crippen LogP contribution in [0.3, 0.4) is 0 Å². The van der Waals surface area contributed by atoms with Gasteiger partial charge in [0.15, 0.2) is 0 Å². The average Bonchev–Trinajstić information content (AvgIpc) is 2.61. The summed E-state index contributed by atoms with van der Waals surface area (Å²) in [5.74, 6) is 0.248. The van der Waals surface area contributed by atoms with E-state index in [0.29, 0.717) is 6.04 Å². The molecule has 14 heavy (non-hydrogen) atoms. The minimum Gasteiger partial charge on any atom is -0.396 e. The minimum absolute atomic E-state index is 0.209. The van der Waals surface area contributed by atoms with E-state index in [0.717, 1.165) is 0 Å². The third-order valence-corrected chi connectivity index (χ3v) is 2.91. The maximum atomic E-state index is 9.29. The Balaban J connectivity index is 2.19. The lowest BCUT2D eigenvalue weighted by atomic mass is 9.91. The Labute approximate surface area is 84.1 Å². The van der Waals surface area contributed by atoms with Crippen molar-refractivity contribution >= 4 is 0 Å². The third kappa shape index (κ3) is 1.66. The highest BCUT2D eigenvalue weighted by molar-refractivity contribution is 5.21. The highest BCUT2D eigenvalue weighted by atomic mass is 16.3. The molecule has 1 fully saturated rings. The molecule has 0 bridgehead atoms. The van der Waals surface area contributed by atoms with Gasteiger partial charge in [0, 0.05) is 18.6 Å². The molecule has 0 aromatic heterocycles. The molecule has 0 saturated carbocycles. The lowest BCUT2D eigenvalue weighted by molar-refractivity contribution is 0.205. The van der Waals surface area contributed by atoms with E-state index in [1.807, 2.05) is 18.2 Å². The smallest absolute Gasteiger partial charge is 0.0527 e. The van der Waals surface area contributed by atoms with E-state index < -0.39 is 0 Å². The van der Waals surface area contributed by atoms with Crippen molar-refractivity contribution < 1.29 is 5.11 Å². The predicted molar refractivity (Wildman–Crippen MR) is 55.5 cm³/mol. The predicted octanol–water partition coefficient (Wildman–Crippen LogP) is 0.833. The summed E-state index contributed by atoms with van der Waals surface area (Å²) >= 11 is 0. The molecular weight excluding hydrogens is 176 g/mol. The minimum atomic E-state index is 0.209. The van der Waals surface area contributed by atoms with Crippen molar-refractivity contribution in [2.75, 3.05) is 6.61 Å². The first-order valence-electron chi connectivity index (χ1n) is 5.00. The van der Waals surface area contributed by atoms with E-state index in [2.05, 4.69) is 29.9 Å². The van der Waals surface area contributed by atoms with Crippen LogP contribution in [-0.2, 0) is 0 Å². The molecule has 3 heteroatoms. The lowest BCUT2D eigenvalue weighted by Gasteiger charge is -2.18. The van der Waals surface area contributed by atoms with Crippen molar-refractivity contribution in [1.82, 2.24) is 10.9 Å². The molecule has 1 aliphatic rings. The Morgan fingerprint density at radius 1 is 1.21 bits per heavy atom.